The van der Waals surface area contributed by atoms with E-state index in [0.717, 1.165) is 19.5 Å². The monoisotopic (exact) mass is 199 g/mol. The fraction of sp³-hybridized carbons (Fsp3) is 0.667. The van der Waals surface area contributed by atoms with E-state index in [1.165, 1.54) is 6.20 Å². The van der Waals surface area contributed by atoms with Gasteiger partial charge >= 0.3 is 5.95 Å². The van der Waals surface area contributed by atoms with E-state index >= 15 is 0 Å². The Hall–Kier alpha value is -1.23. The zero-order valence-electron chi connectivity index (χ0n) is 8.90. The van der Waals surface area contributed by atoms with Crippen molar-refractivity contribution in [2.75, 3.05) is 39.1 Å². The molecule has 1 heterocycles. The molecule has 0 spiro atoms. The molecule has 0 aliphatic rings. The SMILES string of the molecule is CN(C)CCCN(C)c1cnoc1O. The first-order valence-electron chi connectivity index (χ1n) is 4.60. The highest BCUT2D eigenvalue weighted by molar-refractivity contribution is 5.50. The minimum absolute atomic E-state index is 0.114. The Morgan fingerprint density at radius 2 is 2.07 bits per heavy atom. The number of aromatic hydroxyl groups is 1. The van der Waals surface area contributed by atoms with E-state index in [1.807, 2.05) is 26.0 Å². The summed E-state index contributed by atoms with van der Waals surface area (Å²) in [5.41, 5.74) is 0.642. The lowest BCUT2D eigenvalue weighted by atomic mass is 10.3. The van der Waals surface area contributed by atoms with Crippen molar-refractivity contribution in [2.45, 2.75) is 6.42 Å². The van der Waals surface area contributed by atoms with Crippen LogP contribution in [0.5, 0.6) is 5.95 Å². The first-order chi connectivity index (χ1) is 6.61. The Balaban J connectivity index is 2.36. The molecule has 0 atom stereocenters. The smallest absolute Gasteiger partial charge is 0.332 e. The summed E-state index contributed by atoms with van der Waals surface area (Å²) >= 11 is 0. The molecule has 0 radical (unpaired) electrons. The summed E-state index contributed by atoms with van der Waals surface area (Å²) in [6, 6.07) is 0. The number of hydrogen-bond donors (Lipinski definition) is 1. The van der Waals surface area contributed by atoms with E-state index in [-0.39, 0.29) is 5.95 Å². The van der Waals surface area contributed by atoms with Crippen LogP contribution in [0.4, 0.5) is 5.69 Å². The summed E-state index contributed by atoms with van der Waals surface area (Å²) in [6.45, 7) is 1.89. The number of anilines is 1. The summed E-state index contributed by atoms with van der Waals surface area (Å²) in [5.74, 6) is -0.114. The van der Waals surface area contributed by atoms with E-state index in [1.54, 1.807) is 0 Å². The van der Waals surface area contributed by atoms with Crippen molar-refractivity contribution in [3.8, 4) is 5.95 Å². The summed E-state index contributed by atoms with van der Waals surface area (Å²) in [4.78, 5) is 4.05. The van der Waals surface area contributed by atoms with Crippen molar-refractivity contribution in [3.05, 3.63) is 6.20 Å². The van der Waals surface area contributed by atoms with Gasteiger partial charge in [-0.1, -0.05) is 5.16 Å². The lowest BCUT2D eigenvalue weighted by molar-refractivity contribution is 0.278. The van der Waals surface area contributed by atoms with Crippen LogP contribution in [-0.4, -0.2) is 49.4 Å². The highest BCUT2D eigenvalue weighted by Crippen LogP contribution is 2.24. The topological polar surface area (TPSA) is 52.7 Å². The third kappa shape index (κ3) is 2.92. The molecule has 1 aromatic heterocycles. The first-order valence-corrected chi connectivity index (χ1v) is 4.60. The van der Waals surface area contributed by atoms with Crippen LogP contribution >= 0.6 is 0 Å². The fourth-order valence-electron chi connectivity index (χ4n) is 1.23. The molecule has 80 valence electrons. The van der Waals surface area contributed by atoms with Crippen LogP contribution in [0.2, 0.25) is 0 Å². The van der Waals surface area contributed by atoms with Gasteiger partial charge in [-0.15, -0.1) is 0 Å². The zero-order valence-corrected chi connectivity index (χ0v) is 8.90. The van der Waals surface area contributed by atoms with Gasteiger partial charge in [-0.2, -0.15) is 0 Å². The molecule has 5 nitrogen and oxygen atoms in total. The van der Waals surface area contributed by atoms with Gasteiger partial charge in [-0.05, 0) is 27.1 Å². The van der Waals surface area contributed by atoms with Gasteiger partial charge in [-0.25, -0.2) is 0 Å². The van der Waals surface area contributed by atoms with Crippen LogP contribution in [-0.2, 0) is 0 Å². The fourth-order valence-corrected chi connectivity index (χ4v) is 1.23. The summed E-state index contributed by atoms with van der Waals surface area (Å²) in [5, 5.41) is 12.8. The van der Waals surface area contributed by atoms with Crippen LogP contribution in [0.3, 0.4) is 0 Å². The van der Waals surface area contributed by atoms with Crippen molar-refractivity contribution in [1.82, 2.24) is 10.1 Å². The van der Waals surface area contributed by atoms with E-state index < -0.39 is 0 Å². The molecule has 1 N–H and O–H groups in total. The molecular formula is C9H17N3O2. The molecule has 0 fully saturated rings. The van der Waals surface area contributed by atoms with E-state index in [4.69, 9.17) is 0 Å². The van der Waals surface area contributed by atoms with Gasteiger partial charge in [0.1, 0.15) is 5.69 Å². The Bertz CT molecular complexity index is 273. The minimum Gasteiger partial charge on any atom is -0.478 e. The molecule has 1 rings (SSSR count). The van der Waals surface area contributed by atoms with Gasteiger partial charge in [-0.3, -0.25) is 0 Å². The molecule has 1 aromatic rings. The third-order valence-corrected chi connectivity index (χ3v) is 2.04. The van der Waals surface area contributed by atoms with Crippen LogP contribution in [0, 0.1) is 0 Å². The second kappa shape index (κ2) is 4.85. The predicted octanol–water partition coefficient (Wildman–Crippen LogP) is 0.768. The molecule has 0 amide bonds. The summed E-state index contributed by atoms with van der Waals surface area (Å²) in [6.07, 6.45) is 2.55. The lowest BCUT2D eigenvalue weighted by Gasteiger charge is -2.17. The van der Waals surface area contributed by atoms with E-state index in [9.17, 15) is 5.11 Å². The highest BCUT2D eigenvalue weighted by Gasteiger charge is 2.10. The molecule has 0 bridgehead atoms. The van der Waals surface area contributed by atoms with Gasteiger partial charge < -0.3 is 19.4 Å². The van der Waals surface area contributed by atoms with Gasteiger partial charge in [0.05, 0.1) is 6.20 Å². The van der Waals surface area contributed by atoms with Gasteiger partial charge in [0.2, 0.25) is 0 Å². The second-order valence-corrected chi connectivity index (χ2v) is 3.59. The zero-order chi connectivity index (χ0) is 10.6. The lowest BCUT2D eigenvalue weighted by Crippen LogP contribution is -2.22. The number of nitrogens with zero attached hydrogens (tertiary/aromatic N) is 3. The summed E-state index contributed by atoms with van der Waals surface area (Å²) < 4.78 is 4.57. The number of aromatic nitrogens is 1. The molecule has 14 heavy (non-hydrogen) atoms. The Morgan fingerprint density at radius 3 is 2.57 bits per heavy atom. The van der Waals surface area contributed by atoms with Crippen molar-refractivity contribution >= 4 is 5.69 Å². The Labute approximate surface area is 83.9 Å². The van der Waals surface area contributed by atoms with Crippen LogP contribution in [0.1, 0.15) is 6.42 Å². The largest absolute Gasteiger partial charge is 0.478 e. The maximum absolute atomic E-state index is 9.25. The molecule has 0 aliphatic carbocycles. The summed E-state index contributed by atoms with van der Waals surface area (Å²) in [7, 11) is 5.98. The van der Waals surface area contributed by atoms with Crippen molar-refractivity contribution < 1.29 is 9.63 Å². The average Bonchev–Trinajstić information content (AvgIpc) is 2.50. The molecule has 5 heteroatoms. The second-order valence-electron chi connectivity index (χ2n) is 3.59. The molecule has 0 unspecified atom stereocenters. The Kier molecular flexibility index (Phi) is 3.76. The van der Waals surface area contributed by atoms with Gasteiger partial charge in [0.25, 0.3) is 0 Å². The molecular weight excluding hydrogens is 182 g/mol. The van der Waals surface area contributed by atoms with Gasteiger partial charge in [0, 0.05) is 13.6 Å². The molecule has 0 aromatic carbocycles. The highest BCUT2D eigenvalue weighted by atomic mass is 16.5. The quantitative estimate of drug-likeness (QED) is 0.759. The van der Waals surface area contributed by atoms with E-state index in [2.05, 4.69) is 14.6 Å². The van der Waals surface area contributed by atoms with Crippen LogP contribution in [0.15, 0.2) is 10.7 Å². The number of rotatable bonds is 5. The van der Waals surface area contributed by atoms with E-state index in [0.29, 0.717) is 5.69 Å². The normalized spacial score (nSPS) is 10.9. The van der Waals surface area contributed by atoms with Crippen molar-refractivity contribution in [1.29, 1.82) is 0 Å². The standard InChI is InChI=1S/C9H17N3O2/c1-11(2)5-4-6-12(3)8-7-10-14-9(8)13/h7,13H,4-6H2,1-3H3. The van der Waals surface area contributed by atoms with Crippen molar-refractivity contribution in [2.24, 2.45) is 0 Å². The molecule has 0 aliphatic heterocycles. The maximum Gasteiger partial charge on any atom is 0.332 e. The van der Waals surface area contributed by atoms with Gasteiger partial charge in [0.15, 0.2) is 0 Å². The average molecular weight is 199 g/mol. The van der Waals surface area contributed by atoms with Crippen LogP contribution < -0.4 is 4.90 Å². The first kappa shape index (κ1) is 10.8. The maximum atomic E-state index is 9.25. The van der Waals surface area contributed by atoms with Crippen LogP contribution in [0.25, 0.3) is 0 Å². The van der Waals surface area contributed by atoms with Crippen molar-refractivity contribution in [3.63, 3.8) is 0 Å². The Morgan fingerprint density at radius 1 is 1.36 bits per heavy atom. The molecule has 0 saturated carbocycles. The molecule has 0 saturated heterocycles. The predicted molar refractivity (Wildman–Crippen MR) is 54.6 cm³/mol. The number of hydrogen-bond acceptors (Lipinski definition) is 5. The third-order valence-electron chi connectivity index (χ3n) is 2.04. The minimum atomic E-state index is -0.114.